The van der Waals surface area contributed by atoms with Crippen LogP contribution >= 0.6 is 11.8 Å². The van der Waals surface area contributed by atoms with Crippen LogP contribution in [0.4, 0.5) is 5.69 Å². The van der Waals surface area contributed by atoms with Crippen LogP contribution in [0.2, 0.25) is 0 Å². The van der Waals surface area contributed by atoms with Crippen LogP contribution in [0.15, 0.2) is 74.0 Å². The molecule has 26 heavy (non-hydrogen) atoms. The van der Waals surface area contributed by atoms with Gasteiger partial charge in [0.1, 0.15) is 17.1 Å². The Morgan fingerprint density at radius 3 is 2.73 bits per heavy atom. The van der Waals surface area contributed by atoms with Crippen LogP contribution in [0.3, 0.4) is 0 Å². The third-order valence-corrected chi connectivity index (χ3v) is 5.51. The van der Waals surface area contributed by atoms with Gasteiger partial charge in [-0.2, -0.15) is 0 Å². The minimum absolute atomic E-state index is 0.0421. The van der Waals surface area contributed by atoms with Crippen molar-refractivity contribution in [1.29, 1.82) is 0 Å². The van der Waals surface area contributed by atoms with Crippen molar-refractivity contribution in [1.82, 2.24) is 4.98 Å². The molecule has 1 aliphatic heterocycles. The predicted molar refractivity (Wildman–Crippen MR) is 101 cm³/mol. The van der Waals surface area contributed by atoms with Gasteiger partial charge in [-0.1, -0.05) is 12.1 Å². The van der Waals surface area contributed by atoms with Gasteiger partial charge in [0.2, 0.25) is 0 Å². The van der Waals surface area contributed by atoms with Crippen LogP contribution in [-0.2, 0) is 0 Å². The number of aromatic hydroxyl groups is 1. The van der Waals surface area contributed by atoms with Crippen molar-refractivity contribution in [2.45, 2.75) is 23.5 Å². The van der Waals surface area contributed by atoms with Crippen LogP contribution in [0, 0.1) is 6.92 Å². The Morgan fingerprint density at radius 1 is 1.19 bits per heavy atom. The second-order valence-electron chi connectivity index (χ2n) is 6.02. The van der Waals surface area contributed by atoms with Gasteiger partial charge in [-0.15, -0.1) is 11.8 Å². The van der Waals surface area contributed by atoms with Gasteiger partial charge in [0.25, 0.3) is 0 Å². The van der Waals surface area contributed by atoms with E-state index in [-0.39, 0.29) is 16.6 Å². The summed E-state index contributed by atoms with van der Waals surface area (Å²) >= 11 is 1.69. The fraction of sp³-hybridized carbons (Fsp3) is 0.150. The maximum absolute atomic E-state index is 12.4. The molecule has 0 spiro atoms. The Labute approximate surface area is 154 Å². The maximum atomic E-state index is 12.4. The SMILES string of the molecule is Cc1cc(O)c(C2=Nc3ccccc3SC(c3ccncc3)C2)c(=O)o1. The number of hydrogen-bond donors (Lipinski definition) is 1. The summed E-state index contributed by atoms with van der Waals surface area (Å²) in [6.45, 7) is 1.63. The molecule has 3 aromatic rings. The second-order valence-corrected chi connectivity index (χ2v) is 7.27. The topological polar surface area (TPSA) is 75.7 Å². The zero-order chi connectivity index (χ0) is 18.1. The molecule has 0 bridgehead atoms. The lowest BCUT2D eigenvalue weighted by Crippen LogP contribution is -2.16. The lowest BCUT2D eigenvalue weighted by molar-refractivity contribution is 0.432. The van der Waals surface area contributed by atoms with Crippen LogP contribution < -0.4 is 5.63 Å². The average molecular weight is 364 g/mol. The highest BCUT2D eigenvalue weighted by atomic mass is 32.2. The molecular weight excluding hydrogens is 348 g/mol. The summed E-state index contributed by atoms with van der Waals surface area (Å²) in [6.07, 6.45) is 3.99. The highest BCUT2D eigenvalue weighted by Crippen LogP contribution is 2.45. The molecule has 0 aliphatic carbocycles. The third-order valence-electron chi connectivity index (χ3n) is 4.19. The molecule has 4 rings (SSSR count). The van der Waals surface area contributed by atoms with Gasteiger partial charge >= 0.3 is 5.63 Å². The lowest BCUT2D eigenvalue weighted by atomic mass is 10.0. The van der Waals surface area contributed by atoms with Gasteiger partial charge in [0.05, 0.1) is 11.4 Å². The first-order valence-corrected chi connectivity index (χ1v) is 9.07. The number of aromatic nitrogens is 1. The molecule has 1 N–H and O–H groups in total. The highest BCUT2D eigenvalue weighted by Gasteiger charge is 2.26. The van der Waals surface area contributed by atoms with Gasteiger partial charge in [-0.05, 0) is 36.8 Å². The van der Waals surface area contributed by atoms with E-state index in [9.17, 15) is 9.90 Å². The molecule has 1 aromatic carbocycles. The zero-order valence-electron chi connectivity index (χ0n) is 14.0. The molecule has 130 valence electrons. The number of pyridine rings is 1. The number of thioether (sulfide) groups is 1. The Balaban J connectivity index is 1.88. The average Bonchev–Trinajstić information content (AvgIpc) is 2.81. The molecule has 0 amide bonds. The number of rotatable bonds is 2. The summed E-state index contributed by atoms with van der Waals surface area (Å²) in [4.78, 5) is 22.2. The van der Waals surface area contributed by atoms with Gasteiger partial charge < -0.3 is 9.52 Å². The predicted octanol–water partition coefficient (Wildman–Crippen LogP) is 4.41. The first-order chi connectivity index (χ1) is 12.6. The first kappa shape index (κ1) is 16.6. The molecule has 5 nitrogen and oxygen atoms in total. The number of nitrogens with zero attached hydrogens (tertiary/aromatic N) is 2. The van der Waals surface area contributed by atoms with Crippen molar-refractivity contribution in [2.24, 2.45) is 4.99 Å². The van der Waals surface area contributed by atoms with E-state index in [2.05, 4.69) is 4.98 Å². The monoisotopic (exact) mass is 364 g/mol. The standard InChI is InChI=1S/C20H16N2O3S/c1-12-10-16(23)19(20(24)25-12)15-11-18(13-6-8-21-9-7-13)26-17-5-3-2-4-14(17)22-15/h2-10,18,23H,11H2,1H3. The lowest BCUT2D eigenvalue weighted by Gasteiger charge is -2.15. The quantitative estimate of drug-likeness (QED) is 0.729. The molecule has 6 heteroatoms. The number of aliphatic imine (C=N–C) groups is 1. The van der Waals surface area contributed by atoms with E-state index in [1.54, 1.807) is 31.1 Å². The summed E-state index contributed by atoms with van der Waals surface area (Å²) in [5, 5.41) is 10.4. The van der Waals surface area contributed by atoms with Crippen LogP contribution in [-0.4, -0.2) is 15.8 Å². The van der Waals surface area contributed by atoms with Crippen molar-refractivity contribution < 1.29 is 9.52 Å². The number of hydrogen-bond acceptors (Lipinski definition) is 6. The molecule has 2 aromatic heterocycles. The van der Waals surface area contributed by atoms with E-state index in [0.717, 1.165) is 16.1 Å². The normalized spacial score (nSPS) is 16.5. The number of fused-ring (bicyclic) bond motifs is 1. The molecule has 0 saturated heterocycles. The van der Waals surface area contributed by atoms with E-state index >= 15 is 0 Å². The highest BCUT2D eigenvalue weighted by molar-refractivity contribution is 7.99. The van der Waals surface area contributed by atoms with Crippen LogP contribution in [0.1, 0.15) is 28.6 Å². The Morgan fingerprint density at radius 2 is 1.96 bits per heavy atom. The Hall–Kier alpha value is -2.86. The Kier molecular flexibility index (Phi) is 4.34. The molecule has 1 atom stereocenters. The van der Waals surface area contributed by atoms with Gasteiger partial charge in [0.15, 0.2) is 0 Å². The fourth-order valence-corrected chi connectivity index (χ4v) is 4.23. The van der Waals surface area contributed by atoms with Crippen molar-refractivity contribution in [3.05, 3.63) is 82.2 Å². The number of para-hydroxylation sites is 1. The van der Waals surface area contributed by atoms with Crippen molar-refractivity contribution in [2.75, 3.05) is 0 Å². The van der Waals surface area contributed by atoms with Crippen LogP contribution in [0.5, 0.6) is 5.75 Å². The molecule has 1 aliphatic rings. The summed E-state index contributed by atoms with van der Waals surface area (Å²) in [6, 6.07) is 13.2. The third kappa shape index (κ3) is 3.15. The minimum Gasteiger partial charge on any atom is -0.507 e. The first-order valence-electron chi connectivity index (χ1n) is 8.19. The van der Waals surface area contributed by atoms with E-state index < -0.39 is 5.63 Å². The molecule has 0 saturated carbocycles. The number of benzene rings is 1. The largest absolute Gasteiger partial charge is 0.507 e. The summed E-state index contributed by atoms with van der Waals surface area (Å²) < 4.78 is 5.20. The van der Waals surface area contributed by atoms with Gasteiger partial charge in [-0.25, -0.2) is 4.79 Å². The van der Waals surface area contributed by atoms with Crippen molar-refractivity contribution in [3.63, 3.8) is 0 Å². The van der Waals surface area contributed by atoms with Gasteiger partial charge in [0, 0.05) is 35.0 Å². The van der Waals surface area contributed by atoms with E-state index in [4.69, 9.17) is 9.41 Å². The van der Waals surface area contributed by atoms with Crippen molar-refractivity contribution in [3.8, 4) is 5.75 Å². The van der Waals surface area contributed by atoms with Crippen LogP contribution in [0.25, 0.3) is 0 Å². The Bertz CT molecular complexity index is 1040. The van der Waals surface area contributed by atoms with E-state index in [0.29, 0.717) is 17.9 Å². The summed E-state index contributed by atoms with van der Waals surface area (Å²) in [5.74, 6) is 0.265. The second kappa shape index (κ2) is 6.80. The zero-order valence-corrected chi connectivity index (χ0v) is 14.9. The molecule has 0 radical (unpaired) electrons. The fourth-order valence-electron chi connectivity index (χ4n) is 2.99. The smallest absolute Gasteiger partial charge is 0.348 e. The molecule has 1 unspecified atom stereocenters. The van der Waals surface area contributed by atoms with Crippen molar-refractivity contribution >= 4 is 23.2 Å². The minimum atomic E-state index is -0.570. The number of aryl methyl sites for hydroxylation is 1. The summed E-state index contributed by atoms with van der Waals surface area (Å²) in [5.41, 5.74) is 1.95. The molecule has 3 heterocycles. The van der Waals surface area contributed by atoms with E-state index in [1.807, 2.05) is 36.4 Å². The summed E-state index contributed by atoms with van der Waals surface area (Å²) in [7, 11) is 0. The molecule has 0 fully saturated rings. The molecular formula is C20H16N2O3S. The van der Waals surface area contributed by atoms with E-state index in [1.165, 1.54) is 6.07 Å². The van der Waals surface area contributed by atoms with Gasteiger partial charge in [-0.3, -0.25) is 9.98 Å². The maximum Gasteiger partial charge on any atom is 0.348 e.